The van der Waals surface area contributed by atoms with Crippen LogP contribution in [0.5, 0.6) is 5.75 Å². The molecule has 0 bridgehead atoms. The van der Waals surface area contributed by atoms with E-state index in [0.717, 1.165) is 17.0 Å². The number of carbonyl (C=O) groups is 1. The van der Waals surface area contributed by atoms with E-state index in [4.69, 9.17) is 9.57 Å². The lowest BCUT2D eigenvalue weighted by Gasteiger charge is -2.23. The second-order valence-electron chi connectivity index (χ2n) is 6.18. The van der Waals surface area contributed by atoms with Crippen LogP contribution in [0.4, 0.5) is 4.39 Å². The highest BCUT2D eigenvalue weighted by molar-refractivity contribution is 6.01. The summed E-state index contributed by atoms with van der Waals surface area (Å²) in [6, 6.07) is 13.5. The summed E-state index contributed by atoms with van der Waals surface area (Å²) in [6.45, 7) is 4.27. The molecule has 1 aliphatic rings. The summed E-state index contributed by atoms with van der Waals surface area (Å²) in [5.41, 5.74) is 1.78. The molecule has 0 spiro atoms. The molecule has 5 nitrogen and oxygen atoms in total. The smallest absolute Gasteiger partial charge is 0.257 e. The van der Waals surface area contributed by atoms with Crippen molar-refractivity contribution in [3.05, 3.63) is 78.1 Å². The molecule has 1 heterocycles. The van der Waals surface area contributed by atoms with Crippen molar-refractivity contribution >= 4 is 11.6 Å². The van der Waals surface area contributed by atoms with Crippen LogP contribution in [-0.2, 0) is 4.84 Å². The molecule has 2 aromatic rings. The lowest BCUT2D eigenvalue weighted by molar-refractivity contribution is 0.0447. The maximum Gasteiger partial charge on any atom is 0.257 e. The van der Waals surface area contributed by atoms with Gasteiger partial charge in [0, 0.05) is 13.0 Å². The minimum Gasteiger partial charge on any atom is -0.497 e. The van der Waals surface area contributed by atoms with Gasteiger partial charge >= 0.3 is 0 Å². The van der Waals surface area contributed by atoms with E-state index in [0.29, 0.717) is 19.5 Å². The standard InChI is InChI=1S/C21H21FN2O3/c1-3-12-24(21(25)18-6-4-5-7-19(18)22)14-17-13-20(23-27-17)15-8-10-16(26-2)11-9-15/h3-11,17H,1,12-14H2,2H3/t17-/m0/s1. The number of ether oxygens (including phenoxy) is 1. The molecule has 0 saturated carbocycles. The zero-order valence-corrected chi connectivity index (χ0v) is 15.1. The lowest BCUT2D eigenvalue weighted by atomic mass is 10.0. The molecule has 1 amide bonds. The zero-order valence-electron chi connectivity index (χ0n) is 15.1. The first-order valence-electron chi connectivity index (χ1n) is 8.64. The predicted octanol–water partition coefficient (Wildman–Crippen LogP) is 3.66. The number of methoxy groups -OCH3 is 1. The molecule has 0 saturated heterocycles. The Morgan fingerprint density at radius 2 is 2.07 bits per heavy atom. The van der Waals surface area contributed by atoms with E-state index < -0.39 is 11.7 Å². The number of oxime groups is 1. The van der Waals surface area contributed by atoms with Crippen LogP contribution in [-0.4, -0.2) is 42.8 Å². The molecule has 27 heavy (non-hydrogen) atoms. The van der Waals surface area contributed by atoms with Gasteiger partial charge in [-0.05, 0) is 42.0 Å². The van der Waals surface area contributed by atoms with Gasteiger partial charge in [0.05, 0.1) is 24.9 Å². The number of hydrogen-bond acceptors (Lipinski definition) is 4. The number of nitrogens with zero attached hydrogens (tertiary/aromatic N) is 2. The quantitative estimate of drug-likeness (QED) is 0.701. The third kappa shape index (κ3) is 4.34. The molecule has 0 fully saturated rings. The molecule has 0 aromatic heterocycles. The first kappa shape index (κ1) is 18.6. The molecule has 3 rings (SSSR count). The molecule has 6 heteroatoms. The van der Waals surface area contributed by atoms with E-state index in [1.165, 1.54) is 17.0 Å². The highest BCUT2D eigenvalue weighted by atomic mass is 19.1. The fraction of sp³-hybridized carbons (Fsp3) is 0.238. The van der Waals surface area contributed by atoms with Gasteiger partial charge in [-0.15, -0.1) is 6.58 Å². The largest absolute Gasteiger partial charge is 0.497 e. The van der Waals surface area contributed by atoms with E-state index in [9.17, 15) is 9.18 Å². The van der Waals surface area contributed by atoms with Crippen molar-refractivity contribution < 1.29 is 18.8 Å². The minimum atomic E-state index is -0.543. The Labute approximate surface area is 157 Å². The van der Waals surface area contributed by atoms with Crippen molar-refractivity contribution in [3.8, 4) is 5.75 Å². The average molecular weight is 368 g/mol. The SMILES string of the molecule is C=CCN(C[C@@H]1CC(c2ccc(OC)cc2)=NO1)C(=O)c1ccccc1F. The van der Waals surface area contributed by atoms with Crippen LogP contribution in [0.3, 0.4) is 0 Å². The lowest BCUT2D eigenvalue weighted by Crippen LogP contribution is -2.38. The second-order valence-corrected chi connectivity index (χ2v) is 6.18. The summed E-state index contributed by atoms with van der Waals surface area (Å²) in [5, 5.41) is 4.14. The van der Waals surface area contributed by atoms with E-state index in [1.54, 1.807) is 25.3 Å². The third-order valence-corrected chi connectivity index (χ3v) is 4.32. The van der Waals surface area contributed by atoms with Crippen molar-refractivity contribution in [2.45, 2.75) is 12.5 Å². The molecule has 0 aliphatic carbocycles. The predicted molar refractivity (Wildman–Crippen MR) is 102 cm³/mol. The van der Waals surface area contributed by atoms with Crippen LogP contribution in [0.15, 0.2) is 66.3 Å². The van der Waals surface area contributed by atoms with Gasteiger partial charge in [0.2, 0.25) is 0 Å². The van der Waals surface area contributed by atoms with Gasteiger partial charge in [-0.2, -0.15) is 0 Å². The van der Waals surface area contributed by atoms with Crippen LogP contribution < -0.4 is 4.74 Å². The fourth-order valence-corrected chi connectivity index (χ4v) is 2.93. The van der Waals surface area contributed by atoms with Gasteiger partial charge in [-0.1, -0.05) is 23.4 Å². The molecule has 140 valence electrons. The highest BCUT2D eigenvalue weighted by Gasteiger charge is 2.27. The van der Waals surface area contributed by atoms with Crippen molar-refractivity contribution in [3.63, 3.8) is 0 Å². The van der Waals surface area contributed by atoms with Crippen LogP contribution in [0.2, 0.25) is 0 Å². The van der Waals surface area contributed by atoms with E-state index in [-0.39, 0.29) is 11.7 Å². The molecular formula is C21H21FN2O3. The molecule has 1 aliphatic heterocycles. The van der Waals surface area contributed by atoms with Crippen molar-refractivity contribution in [2.75, 3.05) is 20.2 Å². The Kier molecular flexibility index (Phi) is 5.86. The number of benzene rings is 2. The molecule has 0 N–H and O–H groups in total. The molecule has 0 unspecified atom stereocenters. The Morgan fingerprint density at radius 1 is 1.33 bits per heavy atom. The normalized spacial score (nSPS) is 15.6. The Morgan fingerprint density at radius 3 is 2.74 bits per heavy atom. The van der Waals surface area contributed by atoms with E-state index in [1.807, 2.05) is 24.3 Å². The summed E-state index contributed by atoms with van der Waals surface area (Å²) in [7, 11) is 1.61. The van der Waals surface area contributed by atoms with Crippen LogP contribution in [0, 0.1) is 5.82 Å². The van der Waals surface area contributed by atoms with Gasteiger partial charge in [-0.3, -0.25) is 4.79 Å². The number of hydrogen-bond donors (Lipinski definition) is 0. The minimum absolute atomic E-state index is 0.0358. The van der Waals surface area contributed by atoms with Gasteiger partial charge in [-0.25, -0.2) is 4.39 Å². The number of amides is 1. The summed E-state index contributed by atoms with van der Waals surface area (Å²) in [5.74, 6) is -0.170. The molecular weight excluding hydrogens is 347 g/mol. The monoisotopic (exact) mass is 368 g/mol. The van der Waals surface area contributed by atoms with Crippen molar-refractivity contribution in [1.82, 2.24) is 4.90 Å². The van der Waals surface area contributed by atoms with E-state index in [2.05, 4.69) is 11.7 Å². The van der Waals surface area contributed by atoms with Crippen molar-refractivity contribution in [2.24, 2.45) is 5.16 Å². The van der Waals surface area contributed by atoms with Crippen LogP contribution >= 0.6 is 0 Å². The maximum atomic E-state index is 14.0. The van der Waals surface area contributed by atoms with Gasteiger partial charge in [0.25, 0.3) is 5.91 Å². The number of halogens is 1. The summed E-state index contributed by atoms with van der Waals surface area (Å²) in [6.07, 6.45) is 1.88. The number of rotatable bonds is 7. The highest BCUT2D eigenvalue weighted by Crippen LogP contribution is 2.21. The molecule has 0 radical (unpaired) electrons. The number of carbonyl (C=O) groups excluding carboxylic acids is 1. The average Bonchev–Trinajstić information content (AvgIpc) is 3.16. The Bertz CT molecular complexity index is 849. The molecule has 1 atom stereocenters. The van der Waals surface area contributed by atoms with Gasteiger partial charge in [0.15, 0.2) is 6.10 Å². The van der Waals surface area contributed by atoms with E-state index >= 15 is 0 Å². The summed E-state index contributed by atoms with van der Waals surface area (Å²) < 4.78 is 19.1. The van der Waals surface area contributed by atoms with Gasteiger partial charge in [0.1, 0.15) is 11.6 Å². The zero-order chi connectivity index (χ0) is 19.2. The van der Waals surface area contributed by atoms with Crippen molar-refractivity contribution in [1.29, 1.82) is 0 Å². The fourth-order valence-electron chi connectivity index (χ4n) is 2.93. The van der Waals surface area contributed by atoms with Crippen LogP contribution in [0.25, 0.3) is 0 Å². The third-order valence-electron chi connectivity index (χ3n) is 4.32. The molecule has 2 aromatic carbocycles. The summed E-state index contributed by atoms with van der Waals surface area (Å²) >= 11 is 0. The first-order valence-corrected chi connectivity index (χ1v) is 8.64. The second kappa shape index (κ2) is 8.49. The van der Waals surface area contributed by atoms with Gasteiger partial charge < -0.3 is 14.5 Å². The Hall–Kier alpha value is -3.15. The first-order chi connectivity index (χ1) is 13.1. The maximum absolute atomic E-state index is 14.0. The Balaban J connectivity index is 1.67. The van der Waals surface area contributed by atoms with Crippen LogP contribution in [0.1, 0.15) is 22.3 Å². The summed E-state index contributed by atoms with van der Waals surface area (Å²) in [4.78, 5) is 19.7. The topological polar surface area (TPSA) is 51.1 Å².